The minimum Gasteiger partial charge on any atom is -0.525 e. The molecule has 0 radical (unpaired) electrons. The third kappa shape index (κ3) is 14.4. The quantitative estimate of drug-likeness (QED) is 0.0808. The van der Waals surface area contributed by atoms with Crippen LogP contribution >= 0.6 is 15.2 Å². The second kappa shape index (κ2) is 14.7. The van der Waals surface area contributed by atoms with Gasteiger partial charge in [0.1, 0.15) is 18.3 Å². The van der Waals surface area contributed by atoms with E-state index in [2.05, 4.69) is 6.58 Å². The summed E-state index contributed by atoms with van der Waals surface area (Å²) in [5, 5.41) is 0. The van der Waals surface area contributed by atoms with Crippen LogP contribution in [0.25, 0.3) is 0 Å². The van der Waals surface area contributed by atoms with E-state index in [9.17, 15) is 18.7 Å². The number of nitrogens with zero attached hydrogens (tertiary/aromatic N) is 1. The zero-order valence-corrected chi connectivity index (χ0v) is 24.6. The van der Waals surface area contributed by atoms with Gasteiger partial charge in [-0.2, -0.15) is 0 Å². The van der Waals surface area contributed by atoms with Crippen molar-refractivity contribution in [1.29, 1.82) is 0 Å². The molecule has 0 aliphatic rings. The van der Waals surface area contributed by atoms with Crippen molar-refractivity contribution < 1.29 is 80.5 Å². The van der Waals surface area contributed by atoms with Crippen LogP contribution in [0.4, 0.5) is 0 Å². The Balaban J connectivity index is 0.0000116. The van der Waals surface area contributed by atoms with Crippen LogP contribution in [0, 0.1) is 6.42 Å². The number of ether oxygens (including phenoxy) is 2. The molecule has 1 aromatic carbocycles. The fraction of sp³-hybridized carbons (Fsp3) is 0.476. The number of carbonyl (C=O) groups is 2. The van der Waals surface area contributed by atoms with E-state index in [-0.39, 0.29) is 58.8 Å². The van der Waals surface area contributed by atoms with Gasteiger partial charge in [-0.15, -0.1) is 0 Å². The van der Waals surface area contributed by atoms with E-state index >= 15 is 0 Å². The van der Waals surface area contributed by atoms with Crippen molar-refractivity contribution in [2.75, 3.05) is 25.8 Å². The molecule has 1 amide bonds. The van der Waals surface area contributed by atoms with Gasteiger partial charge in [0.2, 0.25) is 5.91 Å². The van der Waals surface area contributed by atoms with Gasteiger partial charge in [-0.1, -0.05) is 32.6 Å². The van der Waals surface area contributed by atoms with Gasteiger partial charge in [0, 0.05) is 12.0 Å². The molecule has 0 bridgehead atoms. The summed E-state index contributed by atoms with van der Waals surface area (Å²) in [5.74, 6) is -0.664. The maximum Gasteiger partial charge on any atom is 3.00 e. The molecule has 4 N–H and O–H groups in total. The van der Waals surface area contributed by atoms with Crippen molar-refractivity contribution in [3.63, 3.8) is 0 Å². The first-order valence-electron chi connectivity index (χ1n) is 10.2. The van der Waals surface area contributed by atoms with Crippen molar-refractivity contribution in [2.45, 2.75) is 39.0 Å². The Hall–Kier alpha value is -0.896. The Morgan fingerprint density at radius 1 is 1.03 bits per heavy atom. The van der Waals surface area contributed by atoms with Gasteiger partial charge in [-0.05, 0) is 49.7 Å². The topological polar surface area (TPSA) is 171 Å². The molecule has 0 aromatic heterocycles. The van der Waals surface area contributed by atoms with E-state index in [0.717, 1.165) is 5.56 Å². The first-order chi connectivity index (χ1) is 15.5. The molecule has 1 aromatic rings. The number of amides is 1. The second-order valence-corrected chi connectivity index (χ2v) is 11.7. The summed E-state index contributed by atoms with van der Waals surface area (Å²) in [7, 11) is -9.39. The average molecular weight is 609 g/mol. The number of rotatable bonds is 14. The van der Waals surface area contributed by atoms with Crippen molar-refractivity contribution in [3.05, 3.63) is 48.4 Å². The van der Waals surface area contributed by atoms with Crippen molar-refractivity contribution in [2.24, 2.45) is 0 Å². The summed E-state index contributed by atoms with van der Waals surface area (Å²) in [4.78, 5) is 60.8. The molecule has 0 saturated heterocycles. The molecule has 192 valence electrons. The molecule has 0 saturated carbocycles. The average Bonchev–Trinajstić information content (AvgIpc) is 2.69. The van der Waals surface area contributed by atoms with Crippen molar-refractivity contribution in [1.82, 2.24) is 4.90 Å². The summed E-state index contributed by atoms with van der Waals surface area (Å²) in [6.45, 7) is 9.09. The molecule has 0 spiro atoms. The molecule has 11 nitrogen and oxygen atoms in total. The Morgan fingerprint density at radius 2 is 1.54 bits per heavy atom. The summed E-state index contributed by atoms with van der Waals surface area (Å²) in [6, 6.07) is 7.09. The number of hydrogen-bond acceptors (Lipinski definition) is 6. The van der Waals surface area contributed by atoms with E-state index in [1.165, 1.54) is 0 Å². The van der Waals surface area contributed by atoms with Gasteiger partial charge in [0.25, 0.3) is 0 Å². The Kier molecular flexibility index (Phi) is 14.4. The monoisotopic (exact) mass is 609 g/mol. The molecular weight excluding hydrogens is 577 g/mol. The number of hydrogen-bond donors (Lipinski definition) is 4. The minimum atomic E-state index is -4.70. The zero-order valence-electron chi connectivity index (χ0n) is 20.0. The fourth-order valence-corrected chi connectivity index (χ4v) is 4.40. The maximum atomic E-state index is 12.5. The zero-order chi connectivity index (χ0) is 26.2. The van der Waals surface area contributed by atoms with Crippen LogP contribution in [0.1, 0.15) is 39.2 Å². The van der Waals surface area contributed by atoms with Crippen LogP contribution < -0.4 is 4.74 Å². The van der Waals surface area contributed by atoms with Gasteiger partial charge in [-0.3, -0.25) is 20.3 Å². The molecule has 0 atom stereocenters. The third-order valence-corrected chi connectivity index (χ3v) is 6.13. The first kappa shape index (κ1) is 34.1. The van der Waals surface area contributed by atoms with Gasteiger partial charge in [-0.25, -0.2) is 4.79 Å². The smallest absolute Gasteiger partial charge is 0.525 e. The predicted molar refractivity (Wildman–Crippen MR) is 125 cm³/mol. The van der Waals surface area contributed by atoms with Crippen LogP contribution in [-0.2, 0) is 61.6 Å². The van der Waals surface area contributed by atoms with Crippen LogP contribution in [-0.4, -0.2) is 62.1 Å². The van der Waals surface area contributed by atoms with E-state index in [1.54, 1.807) is 25.5 Å². The molecule has 1 rings (SSSR count). The standard InChI is InChI=1S/C21H32NO10P2.Y/c1-16(2)20(24)32-13-5-12-31-18-8-6-17(7-9-18)21(3,4)11-10-19(23)22(14-33(25,26)27)15-34(28,29)30;/h5-9H,1,10-15H2,2-4H3,(H2,25,26,27)(H2,28,29,30);/q-1;+3. The van der Waals surface area contributed by atoms with E-state index < -0.39 is 45.1 Å². The van der Waals surface area contributed by atoms with Crippen molar-refractivity contribution in [3.8, 4) is 5.75 Å². The third-order valence-electron chi connectivity index (χ3n) is 4.71. The van der Waals surface area contributed by atoms with Gasteiger partial charge in [0.05, 0.1) is 0 Å². The second-order valence-electron chi connectivity index (χ2n) is 8.43. The Labute approximate surface area is 230 Å². The number of carbonyl (C=O) groups excluding carboxylic acids is 2. The molecule has 0 aliphatic carbocycles. The van der Waals surface area contributed by atoms with E-state index in [4.69, 9.17) is 29.0 Å². The fourth-order valence-electron chi connectivity index (χ4n) is 2.83. The summed E-state index contributed by atoms with van der Waals surface area (Å²) >= 11 is 0. The largest absolute Gasteiger partial charge is 3.00 e. The van der Waals surface area contributed by atoms with Crippen LogP contribution in [0.15, 0.2) is 36.4 Å². The Morgan fingerprint density at radius 3 is 2.00 bits per heavy atom. The first-order valence-corrected chi connectivity index (χ1v) is 13.8. The maximum absolute atomic E-state index is 12.5. The van der Waals surface area contributed by atoms with Crippen molar-refractivity contribution >= 4 is 27.1 Å². The molecule has 14 heteroatoms. The molecule has 0 unspecified atom stereocenters. The minimum absolute atomic E-state index is 0. The van der Waals surface area contributed by atoms with Gasteiger partial charge < -0.3 is 33.9 Å². The molecule has 0 fully saturated rings. The van der Waals surface area contributed by atoms with Crippen LogP contribution in [0.3, 0.4) is 0 Å². The normalized spacial score (nSPS) is 11.9. The van der Waals surface area contributed by atoms with Crippen LogP contribution in [0.5, 0.6) is 5.75 Å². The summed E-state index contributed by atoms with van der Waals surface area (Å²) in [5.41, 5.74) is 0.654. The molecular formula is C21H32NO10P2Y+2. The Bertz CT molecular complexity index is 931. The summed E-state index contributed by atoms with van der Waals surface area (Å²) in [6.07, 6.45) is -0.374. The van der Waals surface area contributed by atoms with Crippen LogP contribution in [0.2, 0.25) is 0 Å². The van der Waals surface area contributed by atoms with E-state index in [0.29, 0.717) is 16.2 Å². The SMILES string of the molecule is C=C(C)C(=O)OC[CH-]COc1ccc(C(C)(C)CCC(=O)N(CP(=O)(O)O)CP(=O)(O)O)cc1.[Y+3]. The molecule has 0 aliphatic heterocycles. The molecule has 0 heterocycles. The number of esters is 1. The van der Waals surface area contributed by atoms with E-state index in [1.807, 2.05) is 26.0 Å². The van der Waals surface area contributed by atoms with Gasteiger partial charge in [0.15, 0.2) is 0 Å². The van der Waals surface area contributed by atoms with Gasteiger partial charge >= 0.3 is 53.9 Å². The predicted octanol–water partition coefficient (Wildman–Crippen LogP) is 2.54. The number of benzene rings is 1. The summed E-state index contributed by atoms with van der Waals surface area (Å²) < 4.78 is 33.0. The molecule has 35 heavy (non-hydrogen) atoms.